The van der Waals surface area contributed by atoms with Crippen molar-refractivity contribution < 1.29 is 9.50 Å². The minimum absolute atomic E-state index is 0.212. The van der Waals surface area contributed by atoms with Crippen LogP contribution < -0.4 is 5.32 Å². The van der Waals surface area contributed by atoms with Gasteiger partial charge in [0.15, 0.2) is 0 Å². The van der Waals surface area contributed by atoms with Crippen molar-refractivity contribution >= 4 is 10.8 Å². The number of phenols is 1. The number of rotatable bonds is 4. The highest BCUT2D eigenvalue weighted by Crippen LogP contribution is 2.21. The van der Waals surface area contributed by atoms with Crippen LogP contribution in [0.1, 0.15) is 11.1 Å². The van der Waals surface area contributed by atoms with Gasteiger partial charge in [0.05, 0.1) is 0 Å². The lowest BCUT2D eigenvalue weighted by molar-refractivity contribution is 0.476. The molecule has 2 nitrogen and oxygen atoms in total. The van der Waals surface area contributed by atoms with Gasteiger partial charge in [-0.05, 0) is 52.2 Å². The largest absolute Gasteiger partial charge is 0.508 e. The molecule has 106 valence electrons. The highest BCUT2D eigenvalue weighted by atomic mass is 19.1. The molecule has 0 aromatic heterocycles. The maximum atomic E-state index is 12.8. The van der Waals surface area contributed by atoms with Crippen molar-refractivity contribution in [3.8, 4) is 5.75 Å². The van der Waals surface area contributed by atoms with Crippen LogP contribution in [0, 0.1) is 5.82 Å². The highest BCUT2D eigenvalue weighted by Gasteiger charge is 1.99. The van der Waals surface area contributed by atoms with E-state index in [-0.39, 0.29) is 11.6 Å². The van der Waals surface area contributed by atoms with E-state index in [0.29, 0.717) is 6.54 Å². The quantitative estimate of drug-likeness (QED) is 0.758. The van der Waals surface area contributed by atoms with Gasteiger partial charge in [-0.25, -0.2) is 4.39 Å². The molecule has 3 rings (SSSR count). The molecule has 0 saturated heterocycles. The molecule has 2 N–H and O–H groups in total. The third-order valence-corrected chi connectivity index (χ3v) is 3.46. The number of fused-ring (bicyclic) bond motifs is 1. The van der Waals surface area contributed by atoms with Crippen LogP contribution in [0.3, 0.4) is 0 Å². The normalized spacial score (nSPS) is 10.9. The van der Waals surface area contributed by atoms with Gasteiger partial charge in [-0.2, -0.15) is 0 Å². The molecule has 3 aromatic rings. The number of benzene rings is 3. The molecule has 3 aromatic carbocycles. The molecule has 0 heterocycles. The standard InChI is InChI=1S/C18H16FNO/c19-17-6-2-13(3-7-17)11-20-12-14-1-4-16-10-18(21)8-5-15(16)9-14/h1-10,20-21H,11-12H2. The highest BCUT2D eigenvalue weighted by molar-refractivity contribution is 5.84. The van der Waals surface area contributed by atoms with Crippen molar-refractivity contribution in [3.63, 3.8) is 0 Å². The second kappa shape index (κ2) is 5.94. The molecule has 0 unspecified atom stereocenters. The van der Waals surface area contributed by atoms with Crippen molar-refractivity contribution in [2.45, 2.75) is 13.1 Å². The van der Waals surface area contributed by atoms with Gasteiger partial charge < -0.3 is 10.4 Å². The summed E-state index contributed by atoms with van der Waals surface area (Å²) in [5.74, 6) is 0.0706. The Morgan fingerprint density at radius 3 is 2.19 bits per heavy atom. The summed E-state index contributed by atoms with van der Waals surface area (Å²) in [4.78, 5) is 0. The van der Waals surface area contributed by atoms with Gasteiger partial charge in [0, 0.05) is 13.1 Å². The van der Waals surface area contributed by atoms with E-state index in [4.69, 9.17) is 0 Å². The summed E-state index contributed by atoms with van der Waals surface area (Å²) < 4.78 is 12.8. The van der Waals surface area contributed by atoms with E-state index in [1.54, 1.807) is 24.3 Å². The van der Waals surface area contributed by atoms with Crippen LogP contribution in [-0.2, 0) is 13.1 Å². The van der Waals surface area contributed by atoms with Crippen molar-refractivity contribution in [1.82, 2.24) is 5.32 Å². The van der Waals surface area contributed by atoms with Crippen molar-refractivity contribution in [1.29, 1.82) is 0 Å². The van der Waals surface area contributed by atoms with Crippen LogP contribution in [0.2, 0.25) is 0 Å². The minimum Gasteiger partial charge on any atom is -0.508 e. The number of halogens is 1. The number of hydrogen-bond acceptors (Lipinski definition) is 2. The maximum absolute atomic E-state index is 12.8. The van der Waals surface area contributed by atoms with E-state index in [1.165, 1.54) is 17.7 Å². The van der Waals surface area contributed by atoms with Gasteiger partial charge in [-0.15, -0.1) is 0 Å². The lowest BCUT2D eigenvalue weighted by atomic mass is 10.1. The summed E-state index contributed by atoms with van der Waals surface area (Å²) in [6, 6.07) is 18.0. The Hall–Kier alpha value is -2.39. The van der Waals surface area contributed by atoms with E-state index < -0.39 is 0 Å². The monoisotopic (exact) mass is 281 g/mol. The van der Waals surface area contributed by atoms with Gasteiger partial charge in [-0.3, -0.25) is 0 Å². The molecule has 0 spiro atoms. The maximum Gasteiger partial charge on any atom is 0.123 e. The molecule has 0 aliphatic rings. The second-order valence-electron chi connectivity index (χ2n) is 5.10. The van der Waals surface area contributed by atoms with Crippen LogP contribution in [-0.4, -0.2) is 5.11 Å². The van der Waals surface area contributed by atoms with E-state index in [9.17, 15) is 9.50 Å². The lowest BCUT2D eigenvalue weighted by Gasteiger charge is -2.07. The number of nitrogens with one attached hydrogen (secondary N) is 1. The third-order valence-electron chi connectivity index (χ3n) is 3.46. The number of aromatic hydroxyl groups is 1. The SMILES string of the molecule is Oc1ccc2cc(CNCc3ccc(F)cc3)ccc2c1. The zero-order valence-electron chi connectivity index (χ0n) is 11.5. The first-order valence-electron chi connectivity index (χ1n) is 6.87. The van der Waals surface area contributed by atoms with Crippen LogP contribution in [0.4, 0.5) is 4.39 Å². The van der Waals surface area contributed by atoms with Gasteiger partial charge in [0.1, 0.15) is 11.6 Å². The van der Waals surface area contributed by atoms with Crippen LogP contribution in [0.15, 0.2) is 60.7 Å². The summed E-state index contributed by atoms with van der Waals surface area (Å²) >= 11 is 0. The molecule has 0 fully saturated rings. The molecule has 21 heavy (non-hydrogen) atoms. The molecule has 0 bridgehead atoms. The summed E-state index contributed by atoms with van der Waals surface area (Å²) in [6.45, 7) is 1.45. The lowest BCUT2D eigenvalue weighted by Crippen LogP contribution is -2.12. The molecule has 0 aliphatic heterocycles. The predicted octanol–water partition coefficient (Wildman–Crippen LogP) is 3.97. The fraction of sp³-hybridized carbons (Fsp3) is 0.111. The minimum atomic E-state index is -0.212. The Balaban J connectivity index is 1.65. The van der Waals surface area contributed by atoms with Crippen molar-refractivity contribution in [3.05, 3.63) is 77.6 Å². The average Bonchev–Trinajstić information content (AvgIpc) is 2.49. The third kappa shape index (κ3) is 3.38. The predicted molar refractivity (Wildman–Crippen MR) is 82.6 cm³/mol. The number of phenolic OH excluding ortho intramolecular Hbond substituents is 1. The van der Waals surface area contributed by atoms with Crippen LogP contribution >= 0.6 is 0 Å². The Bertz CT molecular complexity index is 753. The van der Waals surface area contributed by atoms with Crippen molar-refractivity contribution in [2.24, 2.45) is 0 Å². The first-order chi connectivity index (χ1) is 10.2. The fourth-order valence-corrected chi connectivity index (χ4v) is 2.35. The first-order valence-corrected chi connectivity index (χ1v) is 6.87. The molecular formula is C18H16FNO. The van der Waals surface area contributed by atoms with Gasteiger partial charge in [-0.1, -0.05) is 30.3 Å². The van der Waals surface area contributed by atoms with E-state index in [2.05, 4.69) is 11.4 Å². The van der Waals surface area contributed by atoms with E-state index >= 15 is 0 Å². The zero-order chi connectivity index (χ0) is 14.7. The molecule has 0 saturated carbocycles. The first kappa shape index (κ1) is 13.6. The Kier molecular flexibility index (Phi) is 3.84. The number of hydrogen-bond donors (Lipinski definition) is 2. The van der Waals surface area contributed by atoms with E-state index in [0.717, 1.165) is 22.9 Å². The Labute approximate surface area is 122 Å². The zero-order valence-corrected chi connectivity index (χ0v) is 11.5. The fourth-order valence-electron chi connectivity index (χ4n) is 2.35. The second-order valence-corrected chi connectivity index (χ2v) is 5.10. The average molecular weight is 281 g/mol. The van der Waals surface area contributed by atoms with E-state index in [1.807, 2.05) is 18.2 Å². The molecule has 0 atom stereocenters. The Morgan fingerprint density at radius 2 is 1.38 bits per heavy atom. The molecule has 0 amide bonds. The van der Waals surface area contributed by atoms with Gasteiger partial charge in [0.25, 0.3) is 0 Å². The Morgan fingerprint density at radius 1 is 0.762 bits per heavy atom. The topological polar surface area (TPSA) is 32.3 Å². The molecule has 0 aliphatic carbocycles. The smallest absolute Gasteiger partial charge is 0.123 e. The van der Waals surface area contributed by atoms with Crippen molar-refractivity contribution in [2.75, 3.05) is 0 Å². The molecule has 3 heteroatoms. The summed E-state index contributed by atoms with van der Waals surface area (Å²) in [5.41, 5.74) is 2.23. The van der Waals surface area contributed by atoms with Crippen LogP contribution in [0.25, 0.3) is 10.8 Å². The summed E-state index contributed by atoms with van der Waals surface area (Å²) in [5, 5.41) is 14.9. The van der Waals surface area contributed by atoms with Gasteiger partial charge in [0.2, 0.25) is 0 Å². The summed E-state index contributed by atoms with van der Waals surface area (Å²) in [6.07, 6.45) is 0. The molecule has 0 radical (unpaired) electrons. The molecular weight excluding hydrogens is 265 g/mol. The van der Waals surface area contributed by atoms with Crippen LogP contribution in [0.5, 0.6) is 5.75 Å². The summed E-state index contributed by atoms with van der Waals surface area (Å²) in [7, 11) is 0. The van der Waals surface area contributed by atoms with Gasteiger partial charge >= 0.3 is 0 Å².